The Morgan fingerprint density at radius 3 is 2.71 bits per heavy atom. The van der Waals surface area contributed by atoms with Gasteiger partial charge in [0.2, 0.25) is 0 Å². The summed E-state index contributed by atoms with van der Waals surface area (Å²) in [4.78, 5) is 4.10. The minimum Gasteiger partial charge on any atom is -0.494 e. The molecule has 6 heteroatoms. The lowest BCUT2D eigenvalue weighted by Crippen LogP contribution is -2.05. The first-order chi connectivity index (χ1) is 11.9. The summed E-state index contributed by atoms with van der Waals surface area (Å²) in [5.74, 6) is 0.876. The molecular weight excluding hydrogens is 302 g/mol. The number of nitriles is 1. The summed E-state index contributed by atoms with van der Waals surface area (Å²) in [5, 5.41) is 17.3. The molecule has 6 nitrogen and oxygen atoms in total. The number of benzene rings is 1. The number of aryl methyl sites for hydroxylation is 1. The Hall–Kier alpha value is -3.20. The van der Waals surface area contributed by atoms with Gasteiger partial charge in [0, 0.05) is 24.5 Å². The van der Waals surface area contributed by atoms with E-state index in [1.165, 1.54) is 0 Å². The van der Waals surface area contributed by atoms with E-state index in [1.807, 2.05) is 42.5 Å². The van der Waals surface area contributed by atoms with Crippen molar-refractivity contribution in [1.82, 2.24) is 20.0 Å². The molecule has 0 aliphatic heterocycles. The summed E-state index contributed by atoms with van der Waals surface area (Å²) < 4.78 is 7.44. The van der Waals surface area contributed by atoms with E-state index in [-0.39, 0.29) is 0 Å². The third-order valence-electron chi connectivity index (χ3n) is 3.55. The zero-order chi connectivity index (χ0) is 16.6. The Kier molecular flexibility index (Phi) is 5.15. The van der Waals surface area contributed by atoms with E-state index in [0.717, 1.165) is 29.8 Å². The van der Waals surface area contributed by atoms with Crippen molar-refractivity contribution < 1.29 is 4.74 Å². The van der Waals surface area contributed by atoms with Crippen LogP contribution in [0.4, 0.5) is 0 Å². The Bertz CT molecular complexity index is 808. The van der Waals surface area contributed by atoms with Crippen molar-refractivity contribution in [2.24, 2.45) is 0 Å². The van der Waals surface area contributed by atoms with Crippen LogP contribution < -0.4 is 4.74 Å². The van der Waals surface area contributed by atoms with Gasteiger partial charge in [-0.2, -0.15) is 5.26 Å². The molecule has 0 saturated carbocycles. The molecule has 1 aromatic carbocycles. The molecule has 0 saturated heterocycles. The van der Waals surface area contributed by atoms with Crippen molar-refractivity contribution in [3.8, 4) is 23.1 Å². The van der Waals surface area contributed by atoms with Crippen molar-refractivity contribution in [3.05, 3.63) is 60.6 Å². The Balaban J connectivity index is 1.58. The molecule has 0 amide bonds. The highest BCUT2D eigenvalue weighted by Gasteiger charge is 2.14. The van der Waals surface area contributed by atoms with Gasteiger partial charge in [-0.1, -0.05) is 23.4 Å². The van der Waals surface area contributed by atoms with Crippen molar-refractivity contribution in [3.63, 3.8) is 0 Å². The van der Waals surface area contributed by atoms with Crippen LogP contribution in [0, 0.1) is 11.3 Å². The summed E-state index contributed by atoms with van der Waals surface area (Å²) in [7, 11) is 0. The zero-order valence-corrected chi connectivity index (χ0v) is 13.2. The first kappa shape index (κ1) is 15.7. The normalized spacial score (nSPS) is 10.3. The van der Waals surface area contributed by atoms with Gasteiger partial charge in [-0.25, -0.2) is 4.68 Å². The molecule has 24 heavy (non-hydrogen) atoms. The van der Waals surface area contributed by atoms with Gasteiger partial charge in [0.15, 0.2) is 5.69 Å². The molecule has 2 heterocycles. The number of unbranched alkanes of at least 4 members (excludes halogenated alkanes) is 1. The molecule has 120 valence electrons. The maximum atomic E-state index is 9.22. The van der Waals surface area contributed by atoms with Crippen molar-refractivity contribution in [2.45, 2.75) is 19.4 Å². The number of ether oxygens (including phenoxy) is 1. The second-order valence-corrected chi connectivity index (χ2v) is 5.23. The number of aromatic nitrogens is 4. The Morgan fingerprint density at radius 2 is 1.96 bits per heavy atom. The van der Waals surface area contributed by atoms with Crippen LogP contribution in [0.3, 0.4) is 0 Å². The van der Waals surface area contributed by atoms with E-state index in [2.05, 4.69) is 21.4 Å². The first-order valence-corrected chi connectivity index (χ1v) is 7.80. The molecule has 3 aromatic rings. The summed E-state index contributed by atoms with van der Waals surface area (Å²) in [6.07, 6.45) is 5.19. The van der Waals surface area contributed by atoms with E-state index >= 15 is 0 Å². The van der Waals surface area contributed by atoms with Crippen molar-refractivity contribution in [2.75, 3.05) is 6.61 Å². The number of pyridine rings is 1. The Labute approximate surface area is 140 Å². The molecule has 0 N–H and O–H groups in total. The van der Waals surface area contributed by atoms with Crippen LogP contribution in [0.15, 0.2) is 54.9 Å². The van der Waals surface area contributed by atoms with Gasteiger partial charge < -0.3 is 4.74 Å². The third-order valence-corrected chi connectivity index (χ3v) is 3.55. The van der Waals surface area contributed by atoms with E-state index in [1.54, 1.807) is 17.1 Å². The molecule has 2 aromatic heterocycles. The molecule has 0 radical (unpaired) electrons. The SMILES string of the molecule is N#Cc1nnn(CCCCOc2ccccc2)c1-c1cccnc1. The Morgan fingerprint density at radius 1 is 1.08 bits per heavy atom. The standard InChI is InChI=1S/C18H17N5O/c19-13-17-18(15-7-6-10-20-14-15)23(22-21-17)11-4-5-12-24-16-8-2-1-3-9-16/h1-3,6-10,14H,4-5,11-12H2. The first-order valence-electron chi connectivity index (χ1n) is 7.80. The molecular formula is C18H17N5O. The van der Waals surface area contributed by atoms with Gasteiger partial charge in [0.05, 0.1) is 6.61 Å². The lowest BCUT2D eigenvalue weighted by molar-refractivity contribution is 0.302. The fraction of sp³-hybridized carbons (Fsp3) is 0.222. The highest BCUT2D eigenvalue weighted by atomic mass is 16.5. The van der Waals surface area contributed by atoms with Crippen LogP contribution in [-0.4, -0.2) is 26.6 Å². The van der Waals surface area contributed by atoms with E-state index in [4.69, 9.17) is 4.74 Å². The zero-order valence-electron chi connectivity index (χ0n) is 13.2. The number of nitrogens with zero attached hydrogens (tertiary/aromatic N) is 5. The second kappa shape index (κ2) is 7.88. The molecule has 0 aliphatic rings. The maximum Gasteiger partial charge on any atom is 0.190 e. The average Bonchev–Trinajstić information content (AvgIpc) is 3.06. The molecule has 0 unspecified atom stereocenters. The third kappa shape index (κ3) is 3.76. The molecule has 0 atom stereocenters. The van der Waals surface area contributed by atoms with Gasteiger partial charge in [-0.3, -0.25) is 4.98 Å². The van der Waals surface area contributed by atoms with Gasteiger partial charge in [0.1, 0.15) is 17.5 Å². The molecule has 0 spiro atoms. The van der Waals surface area contributed by atoms with Gasteiger partial charge in [-0.15, -0.1) is 5.10 Å². The number of para-hydroxylation sites is 1. The van der Waals surface area contributed by atoms with Gasteiger partial charge >= 0.3 is 0 Å². The van der Waals surface area contributed by atoms with Crippen LogP contribution in [0.25, 0.3) is 11.3 Å². The summed E-state index contributed by atoms with van der Waals surface area (Å²) >= 11 is 0. The molecule has 0 fully saturated rings. The molecule has 0 bridgehead atoms. The topological polar surface area (TPSA) is 76.6 Å². The summed E-state index contributed by atoms with van der Waals surface area (Å²) in [6.45, 7) is 1.32. The predicted octanol–water partition coefficient (Wildman–Crippen LogP) is 3.07. The van der Waals surface area contributed by atoms with Crippen LogP contribution in [0.1, 0.15) is 18.5 Å². The van der Waals surface area contributed by atoms with E-state index < -0.39 is 0 Å². The molecule has 0 aliphatic carbocycles. The van der Waals surface area contributed by atoms with E-state index in [0.29, 0.717) is 18.8 Å². The monoisotopic (exact) mass is 319 g/mol. The molecule has 3 rings (SSSR count). The highest BCUT2D eigenvalue weighted by Crippen LogP contribution is 2.21. The second-order valence-electron chi connectivity index (χ2n) is 5.23. The summed E-state index contributed by atoms with van der Waals surface area (Å²) in [5.41, 5.74) is 1.89. The highest BCUT2D eigenvalue weighted by molar-refractivity contribution is 5.63. The van der Waals surface area contributed by atoms with Crippen LogP contribution >= 0.6 is 0 Å². The van der Waals surface area contributed by atoms with Crippen LogP contribution in [0.2, 0.25) is 0 Å². The average molecular weight is 319 g/mol. The van der Waals surface area contributed by atoms with Gasteiger partial charge in [0.25, 0.3) is 0 Å². The minimum atomic E-state index is 0.323. The number of hydrogen-bond acceptors (Lipinski definition) is 5. The minimum absolute atomic E-state index is 0.323. The van der Waals surface area contributed by atoms with Gasteiger partial charge in [-0.05, 0) is 37.1 Å². The van der Waals surface area contributed by atoms with E-state index in [9.17, 15) is 5.26 Å². The predicted molar refractivity (Wildman–Crippen MR) is 89.1 cm³/mol. The quantitative estimate of drug-likeness (QED) is 0.625. The summed E-state index contributed by atoms with van der Waals surface area (Å²) in [6, 6.07) is 15.6. The largest absolute Gasteiger partial charge is 0.494 e. The number of hydrogen-bond donors (Lipinski definition) is 0. The fourth-order valence-electron chi connectivity index (χ4n) is 2.40. The number of rotatable bonds is 7. The maximum absolute atomic E-state index is 9.22. The van der Waals surface area contributed by atoms with Crippen molar-refractivity contribution >= 4 is 0 Å². The van der Waals surface area contributed by atoms with Crippen LogP contribution in [0.5, 0.6) is 5.75 Å². The lowest BCUT2D eigenvalue weighted by Gasteiger charge is -2.08. The van der Waals surface area contributed by atoms with Crippen LogP contribution in [-0.2, 0) is 6.54 Å². The lowest BCUT2D eigenvalue weighted by atomic mass is 10.1. The smallest absolute Gasteiger partial charge is 0.190 e. The fourth-order valence-corrected chi connectivity index (χ4v) is 2.40. The van der Waals surface area contributed by atoms with Crippen molar-refractivity contribution in [1.29, 1.82) is 5.26 Å².